The second-order valence-corrected chi connectivity index (χ2v) is 5.99. The first-order valence-electron chi connectivity index (χ1n) is 7.53. The molecule has 0 aliphatic heterocycles. The minimum absolute atomic E-state index is 0.119. The van der Waals surface area contributed by atoms with Gasteiger partial charge in [0.15, 0.2) is 6.10 Å². The van der Waals surface area contributed by atoms with E-state index in [4.69, 9.17) is 9.84 Å². The zero-order valence-corrected chi connectivity index (χ0v) is 13.6. The molecule has 0 saturated carbocycles. The van der Waals surface area contributed by atoms with Gasteiger partial charge in [-0.2, -0.15) is 0 Å². The van der Waals surface area contributed by atoms with Gasteiger partial charge in [-0.05, 0) is 43.9 Å². The molecule has 22 heavy (non-hydrogen) atoms. The summed E-state index contributed by atoms with van der Waals surface area (Å²) in [6.45, 7) is 7.63. The molecular formula is C17H25NO4. The second kappa shape index (κ2) is 8.41. The van der Waals surface area contributed by atoms with Crippen molar-refractivity contribution < 1.29 is 19.4 Å². The molecule has 5 nitrogen and oxygen atoms in total. The quantitative estimate of drug-likeness (QED) is 0.774. The number of carbonyl (C=O) groups excluding carboxylic acids is 1. The SMILES string of the molecule is Cc1cccc(OC(C)C(=O)NCC(CC(C)C)C(=O)O)c1. The molecule has 0 heterocycles. The molecular weight excluding hydrogens is 282 g/mol. The number of hydrogen-bond donors (Lipinski definition) is 2. The fourth-order valence-corrected chi connectivity index (χ4v) is 2.15. The standard InChI is InChI=1S/C17H25NO4/c1-11(2)8-14(17(20)21)10-18-16(19)13(4)22-15-7-5-6-12(3)9-15/h5-7,9,11,13-14H,8,10H2,1-4H3,(H,18,19)(H,20,21). The largest absolute Gasteiger partial charge is 0.481 e. The number of aryl methyl sites for hydroxylation is 1. The summed E-state index contributed by atoms with van der Waals surface area (Å²) in [6.07, 6.45) is -0.141. The van der Waals surface area contributed by atoms with Crippen molar-refractivity contribution >= 4 is 11.9 Å². The van der Waals surface area contributed by atoms with Crippen molar-refractivity contribution in [2.24, 2.45) is 11.8 Å². The van der Waals surface area contributed by atoms with Crippen molar-refractivity contribution in [1.82, 2.24) is 5.32 Å². The summed E-state index contributed by atoms with van der Waals surface area (Å²) in [4.78, 5) is 23.2. The van der Waals surface area contributed by atoms with Gasteiger partial charge in [0, 0.05) is 6.54 Å². The van der Waals surface area contributed by atoms with Crippen molar-refractivity contribution in [3.05, 3.63) is 29.8 Å². The number of carboxylic acids is 1. The topological polar surface area (TPSA) is 75.6 Å². The minimum atomic E-state index is -0.888. The van der Waals surface area contributed by atoms with Gasteiger partial charge in [0.25, 0.3) is 5.91 Å². The van der Waals surface area contributed by atoms with Crippen LogP contribution >= 0.6 is 0 Å². The zero-order valence-electron chi connectivity index (χ0n) is 13.6. The maximum atomic E-state index is 12.0. The summed E-state index contributed by atoms with van der Waals surface area (Å²) >= 11 is 0. The number of aliphatic carboxylic acids is 1. The van der Waals surface area contributed by atoms with Crippen LogP contribution in [0.2, 0.25) is 0 Å². The molecule has 1 amide bonds. The van der Waals surface area contributed by atoms with E-state index in [1.54, 1.807) is 13.0 Å². The highest BCUT2D eigenvalue weighted by molar-refractivity contribution is 5.81. The Labute approximate surface area is 131 Å². The first-order chi connectivity index (χ1) is 10.3. The number of benzene rings is 1. The molecule has 2 unspecified atom stereocenters. The van der Waals surface area contributed by atoms with Crippen LogP contribution in [0.4, 0.5) is 0 Å². The molecule has 122 valence electrons. The first-order valence-corrected chi connectivity index (χ1v) is 7.53. The van der Waals surface area contributed by atoms with E-state index in [0.29, 0.717) is 12.2 Å². The van der Waals surface area contributed by atoms with E-state index in [0.717, 1.165) is 5.56 Å². The summed E-state index contributed by atoms with van der Waals surface area (Å²) in [6, 6.07) is 7.44. The Morgan fingerprint density at radius 2 is 1.95 bits per heavy atom. The van der Waals surface area contributed by atoms with E-state index in [2.05, 4.69) is 5.32 Å². The van der Waals surface area contributed by atoms with E-state index in [-0.39, 0.29) is 18.4 Å². The molecule has 0 aliphatic rings. The molecule has 1 aromatic carbocycles. The lowest BCUT2D eigenvalue weighted by molar-refractivity contribution is -0.142. The summed E-state index contributed by atoms with van der Waals surface area (Å²) < 4.78 is 5.57. The van der Waals surface area contributed by atoms with Crippen molar-refractivity contribution in [3.63, 3.8) is 0 Å². The van der Waals surface area contributed by atoms with Gasteiger partial charge in [-0.25, -0.2) is 0 Å². The van der Waals surface area contributed by atoms with Gasteiger partial charge >= 0.3 is 5.97 Å². The van der Waals surface area contributed by atoms with Crippen molar-refractivity contribution in [3.8, 4) is 5.75 Å². The third-order valence-electron chi connectivity index (χ3n) is 3.30. The van der Waals surface area contributed by atoms with E-state index >= 15 is 0 Å². The molecule has 0 bridgehead atoms. The molecule has 1 aromatic rings. The fourth-order valence-electron chi connectivity index (χ4n) is 2.15. The van der Waals surface area contributed by atoms with Crippen LogP contribution in [0.3, 0.4) is 0 Å². The molecule has 0 aliphatic carbocycles. The van der Waals surface area contributed by atoms with Crippen LogP contribution in [0.25, 0.3) is 0 Å². The predicted molar refractivity (Wildman–Crippen MR) is 84.9 cm³/mol. The van der Waals surface area contributed by atoms with Gasteiger partial charge in [-0.3, -0.25) is 9.59 Å². The van der Waals surface area contributed by atoms with Crippen molar-refractivity contribution in [2.75, 3.05) is 6.54 Å². The Balaban J connectivity index is 2.51. The van der Waals surface area contributed by atoms with Crippen LogP contribution in [-0.4, -0.2) is 29.6 Å². The van der Waals surface area contributed by atoms with Gasteiger partial charge in [-0.1, -0.05) is 26.0 Å². The Morgan fingerprint density at radius 3 is 2.50 bits per heavy atom. The fraction of sp³-hybridized carbons (Fsp3) is 0.529. The minimum Gasteiger partial charge on any atom is -0.481 e. The molecule has 0 fully saturated rings. The van der Waals surface area contributed by atoms with E-state index in [1.807, 2.05) is 39.0 Å². The summed E-state index contributed by atoms with van der Waals surface area (Å²) in [5.41, 5.74) is 1.05. The van der Waals surface area contributed by atoms with Gasteiger partial charge < -0.3 is 15.2 Å². The lowest BCUT2D eigenvalue weighted by Crippen LogP contribution is -2.40. The highest BCUT2D eigenvalue weighted by Gasteiger charge is 2.22. The average molecular weight is 307 g/mol. The molecule has 0 spiro atoms. The van der Waals surface area contributed by atoms with Gasteiger partial charge in [-0.15, -0.1) is 0 Å². The number of amides is 1. The number of ether oxygens (including phenoxy) is 1. The maximum absolute atomic E-state index is 12.0. The zero-order chi connectivity index (χ0) is 16.7. The van der Waals surface area contributed by atoms with Gasteiger partial charge in [0.2, 0.25) is 0 Å². The van der Waals surface area contributed by atoms with E-state index in [1.165, 1.54) is 0 Å². The van der Waals surface area contributed by atoms with Crippen LogP contribution in [-0.2, 0) is 9.59 Å². The van der Waals surface area contributed by atoms with Crippen LogP contribution < -0.4 is 10.1 Å². The Hall–Kier alpha value is -2.04. The average Bonchev–Trinajstić information content (AvgIpc) is 2.42. The number of hydrogen-bond acceptors (Lipinski definition) is 3. The predicted octanol–water partition coefficient (Wildman–Crippen LogP) is 2.63. The van der Waals surface area contributed by atoms with Crippen molar-refractivity contribution in [2.45, 2.75) is 40.2 Å². The van der Waals surface area contributed by atoms with Crippen LogP contribution in [0.5, 0.6) is 5.75 Å². The van der Waals surface area contributed by atoms with Crippen molar-refractivity contribution in [1.29, 1.82) is 0 Å². The molecule has 0 saturated heterocycles. The number of nitrogens with one attached hydrogen (secondary N) is 1. The maximum Gasteiger partial charge on any atom is 0.308 e. The Kier molecular flexibility index (Phi) is 6.89. The van der Waals surface area contributed by atoms with Crippen LogP contribution in [0, 0.1) is 18.8 Å². The number of carbonyl (C=O) groups is 2. The summed E-state index contributed by atoms with van der Waals surface area (Å²) in [7, 11) is 0. The monoisotopic (exact) mass is 307 g/mol. The smallest absolute Gasteiger partial charge is 0.308 e. The molecule has 2 N–H and O–H groups in total. The van der Waals surface area contributed by atoms with E-state index < -0.39 is 18.0 Å². The molecule has 2 atom stereocenters. The van der Waals surface area contributed by atoms with E-state index in [9.17, 15) is 9.59 Å². The lowest BCUT2D eigenvalue weighted by Gasteiger charge is -2.18. The molecule has 1 rings (SSSR count). The lowest BCUT2D eigenvalue weighted by atomic mass is 9.97. The molecule has 5 heteroatoms. The first kappa shape index (κ1) is 18.0. The van der Waals surface area contributed by atoms with Gasteiger partial charge in [0.1, 0.15) is 5.75 Å². The number of carboxylic acid groups (broad SMARTS) is 1. The normalized spacial score (nSPS) is 13.5. The Morgan fingerprint density at radius 1 is 1.27 bits per heavy atom. The number of rotatable bonds is 8. The highest BCUT2D eigenvalue weighted by Crippen LogP contribution is 2.15. The third kappa shape index (κ3) is 6.16. The van der Waals surface area contributed by atoms with Gasteiger partial charge in [0.05, 0.1) is 5.92 Å². The summed E-state index contributed by atoms with van der Waals surface area (Å²) in [5, 5.41) is 11.8. The third-order valence-corrected chi connectivity index (χ3v) is 3.30. The summed E-state index contributed by atoms with van der Waals surface area (Å²) in [5.74, 6) is -0.883. The second-order valence-electron chi connectivity index (χ2n) is 5.99. The molecule has 0 radical (unpaired) electrons. The highest BCUT2D eigenvalue weighted by atomic mass is 16.5. The Bertz CT molecular complexity index is 513. The van der Waals surface area contributed by atoms with Crippen LogP contribution in [0.1, 0.15) is 32.8 Å². The van der Waals surface area contributed by atoms with Crippen LogP contribution in [0.15, 0.2) is 24.3 Å². The molecule has 0 aromatic heterocycles.